The second kappa shape index (κ2) is 8.34. The van der Waals surface area contributed by atoms with E-state index in [9.17, 15) is 9.90 Å². The minimum absolute atomic E-state index is 0.0179. The number of piperidine rings is 1. The summed E-state index contributed by atoms with van der Waals surface area (Å²) in [6.07, 6.45) is 1.76. The Bertz CT molecular complexity index is 744. The molecule has 1 N–H and O–H groups in total. The molecule has 1 fully saturated rings. The van der Waals surface area contributed by atoms with Crippen LogP contribution in [0.15, 0.2) is 51.4 Å². The molecule has 1 aliphatic heterocycles. The number of nitrogens with zero attached hydrogens (tertiary/aromatic N) is 1. The summed E-state index contributed by atoms with van der Waals surface area (Å²) in [6.45, 7) is 1.85. The van der Waals surface area contributed by atoms with E-state index in [1.165, 1.54) is 0 Å². The summed E-state index contributed by atoms with van der Waals surface area (Å²) < 4.78 is 7.22. The van der Waals surface area contributed by atoms with Gasteiger partial charge >= 0.3 is 0 Å². The topological polar surface area (TPSA) is 49.8 Å². The van der Waals surface area contributed by atoms with E-state index in [1.807, 2.05) is 30.3 Å². The van der Waals surface area contributed by atoms with Crippen molar-refractivity contribution in [3.05, 3.63) is 62.5 Å². The van der Waals surface area contributed by atoms with Crippen molar-refractivity contribution in [2.75, 3.05) is 13.1 Å². The predicted molar refractivity (Wildman–Crippen MR) is 104 cm³/mol. The Hall–Kier alpha value is -1.37. The van der Waals surface area contributed by atoms with Crippen molar-refractivity contribution < 1.29 is 14.6 Å². The Labute approximate surface area is 164 Å². The third-order valence-electron chi connectivity index (χ3n) is 4.32. The molecule has 0 saturated carbocycles. The lowest BCUT2D eigenvalue weighted by molar-refractivity contribution is -0.000432. The molecule has 0 spiro atoms. The largest absolute Gasteiger partial charge is 0.506 e. The van der Waals surface area contributed by atoms with E-state index in [0.29, 0.717) is 29.7 Å². The van der Waals surface area contributed by atoms with Gasteiger partial charge in [-0.25, -0.2) is 0 Å². The Morgan fingerprint density at radius 2 is 1.84 bits per heavy atom. The lowest BCUT2D eigenvalue weighted by Crippen LogP contribution is -2.40. The van der Waals surface area contributed by atoms with E-state index in [1.54, 1.807) is 17.0 Å². The molecule has 0 aliphatic carbocycles. The molecule has 1 amide bonds. The average Bonchev–Trinajstić information content (AvgIpc) is 2.63. The van der Waals surface area contributed by atoms with Crippen molar-refractivity contribution >= 4 is 37.8 Å². The van der Waals surface area contributed by atoms with Crippen molar-refractivity contribution in [2.45, 2.75) is 25.6 Å². The Morgan fingerprint density at radius 1 is 1.16 bits per heavy atom. The summed E-state index contributed by atoms with van der Waals surface area (Å²) in [6, 6.07) is 13.5. The molecule has 0 atom stereocenters. The summed E-state index contributed by atoms with van der Waals surface area (Å²) >= 11 is 6.63. The fourth-order valence-corrected chi connectivity index (χ4v) is 4.14. The first-order chi connectivity index (χ1) is 12.0. The van der Waals surface area contributed by atoms with Gasteiger partial charge in [-0.05, 0) is 46.5 Å². The molecule has 132 valence electrons. The van der Waals surface area contributed by atoms with E-state index in [-0.39, 0.29) is 17.8 Å². The molecule has 2 aromatic carbocycles. The van der Waals surface area contributed by atoms with Gasteiger partial charge in [-0.1, -0.05) is 46.3 Å². The highest BCUT2D eigenvalue weighted by atomic mass is 79.9. The number of carbonyl (C=O) groups is 1. The SMILES string of the molecule is O=C(c1cc(Br)cc(Br)c1O)N1CCC(OCc2ccccc2)CC1. The molecule has 3 rings (SSSR count). The van der Waals surface area contributed by atoms with E-state index < -0.39 is 0 Å². The molecule has 1 heterocycles. The highest BCUT2D eigenvalue weighted by Crippen LogP contribution is 2.33. The molecule has 1 saturated heterocycles. The lowest BCUT2D eigenvalue weighted by atomic mass is 10.1. The zero-order valence-electron chi connectivity index (χ0n) is 13.6. The molecule has 25 heavy (non-hydrogen) atoms. The number of hydrogen-bond donors (Lipinski definition) is 1. The van der Waals surface area contributed by atoms with Crippen molar-refractivity contribution in [1.29, 1.82) is 0 Å². The van der Waals surface area contributed by atoms with Gasteiger partial charge in [-0.2, -0.15) is 0 Å². The number of hydrogen-bond acceptors (Lipinski definition) is 3. The van der Waals surface area contributed by atoms with E-state index >= 15 is 0 Å². The van der Waals surface area contributed by atoms with Crippen LogP contribution in [0.25, 0.3) is 0 Å². The highest BCUT2D eigenvalue weighted by molar-refractivity contribution is 9.11. The molecular weight excluding hydrogens is 450 g/mol. The van der Waals surface area contributed by atoms with Crippen LogP contribution in [0, 0.1) is 0 Å². The summed E-state index contributed by atoms with van der Waals surface area (Å²) in [5.41, 5.74) is 1.47. The van der Waals surface area contributed by atoms with Crippen LogP contribution < -0.4 is 0 Å². The third kappa shape index (κ3) is 4.63. The molecule has 6 heteroatoms. The summed E-state index contributed by atoms with van der Waals surface area (Å²) in [4.78, 5) is 14.5. The van der Waals surface area contributed by atoms with Crippen LogP contribution in [0.5, 0.6) is 5.75 Å². The molecule has 4 nitrogen and oxygen atoms in total. The van der Waals surface area contributed by atoms with Crippen molar-refractivity contribution in [1.82, 2.24) is 4.90 Å². The quantitative estimate of drug-likeness (QED) is 0.705. The van der Waals surface area contributed by atoms with Crippen LogP contribution in [0.2, 0.25) is 0 Å². The summed E-state index contributed by atoms with van der Waals surface area (Å²) in [7, 11) is 0. The molecule has 2 aromatic rings. The number of aromatic hydroxyl groups is 1. The standard InChI is InChI=1S/C19H19Br2NO3/c20-14-10-16(18(23)17(21)11-14)19(24)22-8-6-15(7-9-22)25-12-13-4-2-1-3-5-13/h1-5,10-11,15,23H,6-9,12H2. The lowest BCUT2D eigenvalue weighted by Gasteiger charge is -2.32. The molecular formula is C19H19Br2NO3. The van der Waals surface area contributed by atoms with Crippen LogP contribution in [0.3, 0.4) is 0 Å². The van der Waals surface area contributed by atoms with E-state index in [0.717, 1.165) is 22.9 Å². The van der Waals surface area contributed by atoms with Gasteiger partial charge in [0, 0.05) is 17.6 Å². The smallest absolute Gasteiger partial charge is 0.257 e. The first-order valence-corrected chi connectivity index (χ1v) is 9.76. The van der Waals surface area contributed by atoms with E-state index in [4.69, 9.17) is 4.74 Å². The molecule has 1 aliphatic rings. The number of ether oxygens (including phenoxy) is 1. The highest BCUT2D eigenvalue weighted by Gasteiger charge is 2.26. The van der Waals surface area contributed by atoms with Crippen LogP contribution in [0.1, 0.15) is 28.8 Å². The van der Waals surface area contributed by atoms with Crippen LogP contribution in [0.4, 0.5) is 0 Å². The summed E-state index contributed by atoms with van der Waals surface area (Å²) in [5.74, 6) is -0.170. The first-order valence-electron chi connectivity index (χ1n) is 8.17. The van der Waals surface area contributed by atoms with Gasteiger partial charge in [-0.3, -0.25) is 4.79 Å². The van der Waals surface area contributed by atoms with Crippen LogP contribution in [-0.2, 0) is 11.3 Å². The Kier molecular flexibility index (Phi) is 6.15. The normalized spacial score (nSPS) is 15.4. The van der Waals surface area contributed by atoms with Gasteiger partial charge in [0.1, 0.15) is 5.75 Å². The maximum atomic E-state index is 12.7. The van der Waals surface area contributed by atoms with Gasteiger partial charge < -0.3 is 14.7 Å². The number of likely N-dealkylation sites (tertiary alicyclic amines) is 1. The number of benzene rings is 2. The second-order valence-electron chi connectivity index (χ2n) is 6.07. The number of amides is 1. The van der Waals surface area contributed by atoms with Crippen LogP contribution in [-0.4, -0.2) is 35.1 Å². The number of halogens is 2. The first kappa shape index (κ1) is 18.4. The molecule has 0 bridgehead atoms. The second-order valence-corrected chi connectivity index (χ2v) is 7.84. The Morgan fingerprint density at radius 3 is 2.52 bits per heavy atom. The molecule has 0 aromatic heterocycles. The fourth-order valence-electron chi connectivity index (χ4n) is 2.91. The zero-order valence-corrected chi connectivity index (χ0v) is 16.8. The molecule has 0 radical (unpaired) electrons. The predicted octanol–water partition coefficient (Wildman–Crippen LogP) is 4.74. The Balaban J connectivity index is 1.56. The fraction of sp³-hybridized carbons (Fsp3) is 0.316. The zero-order chi connectivity index (χ0) is 17.8. The number of rotatable bonds is 4. The van der Waals surface area contributed by atoms with Gasteiger partial charge in [0.15, 0.2) is 0 Å². The van der Waals surface area contributed by atoms with Gasteiger partial charge in [0.2, 0.25) is 0 Å². The minimum Gasteiger partial charge on any atom is -0.506 e. The minimum atomic E-state index is -0.152. The maximum Gasteiger partial charge on any atom is 0.257 e. The number of carbonyl (C=O) groups excluding carboxylic acids is 1. The van der Waals surface area contributed by atoms with Crippen LogP contribution >= 0.6 is 31.9 Å². The van der Waals surface area contributed by atoms with Crippen molar-refractivity contribution in [3.63, 3.8) is 0 Å². The summed E-state index contributed by atoms with van der Waals surface area (Å²) in [5, 5.41) is 10.1. The molecule has 0 unspecified atom stereocenters. The van der Waals surface area contributed by atoms with Gasteiger partial charge in [0.05, 0.1) is 22.7 Å². The van der Waals surface area contributed by atoms with E-state index in [2.05, 4.69) is 31.9 Å². The van der Waals surface area contributed by atoms with Gasteiger partial charge in [0.25, 0.3) is 5.91 Å². The average molecular weight is 469 g/mol. The maximum absolute atomic E-state index is 12.7. The van der Waals surface area contributed by atoms with Crippen molar-refractivity contribution in [2.24, 2.45) is 0 Å². The van der Waals surface area contributed by atoms with Gasteiger partial charge in [-0.15, -0.1) is 0 Å². The third-order valence-corrected chi connectivity index (χ3v) is 5.38. The monoisotopic (exact) mass is 467 g/mol. The number of phenolic OH excluding ortho intramolecular Hbond substituents is 1. The van der Waals surface area contributed by atoms with Crippen molar-refractivity contribution in [3.8, 4) is 5.75 Å². The number of phenols is 1.